The number of carbonyl (C=O) groups excluding carboxylic acids is 2. The van der Waals surface area contributed by atoms with E-state index in [-0.39, 0.29) is 18.5 Å². The Morgan fingerprint density at radius 1 is 1.14 bits per heavy atom. The predicted molar refractivity (Wildman–Crippen MR) is 112 cm³/mol. The third kappa shape index (κ3) is 3.73. The SMILES string of the molecule is CCc1ccc(-c2nc(C)c(C(=O)Nc3cc4c(cc3C(C)=O)OCO4)s2)cc1. The minimum Gasteiger partial charge on any atom is -0.454 e. The quantitative estimate of drug-likeness (QED) is 0.610. The van der Waals surface area contributed by atoms with Crippen LogP contribution >= 0.6 is 11.3 Å². The second-order valence-electron chi connectivity index (χ2n) is 6.75. The summed E-state index contributed by atoms with van der Waals surface area (Å²) in [6.07, 6.45) is 0.971. The van der Waals surface area contributed by atoms with E-state index in [9.17, 15) is 9.59 Å². The molecule has 0 aliphatic carbocycles. The van der Waals surface area contributed by atoms with E-state index in [1.807, 2.05) is 12.1 Å². The van der Waals surface area contributed by atoms with Gasteiger partial charge in [0.15, 0.2) is 17.3 Å². The number of benzene rings is 2. The van der Waals surface area contributed by atoms with E-state index in [0.29, 0.717) is 33.3 Å². The van der Waals surface area contributed by atoms with Crippen molar-refractivity contribution >= 4 is 28.7 Å². The van der Waals surface area contributed by atoms with Crippen LogP contribution in [-0.2, 0) is 6.42 Å². The molecule has 1 aromatic heterocycles. The molecule has 0 fully saturated rings. The zero-order chi connectivity index (χ0) is 20.5. The summed E-state index contributed by atoms with van der Waals surface area (Å²) in [5.74, 6) is 0.525. The standard InChI is InChI=1S/C22H20N2O4S/c1-4-14-5-7-15(8-6-14)22-23-12(2)20(29-22)21(26)24-17-10-19-18(27-11-28-19)9-16(17)13(3)25/h5-10H,4,11H2,1-3H3,(H,24,26). The Hall–Kier alpha value is -3.19. The fourth-order valence-electron chi connectivity index (χ4n) is 3.13. The van der Waals surface area contributed by atoms with E-state index in [1.165, 1.54) is 23.8 Å². The summed E-state index contributed by atoms with van der Waals surface area (Å²) >= 11 is 1.33. The lowest BCUT2D eigenvalue weighted by atomic mass is 10.1. The number of carbonyl (C=O) groups is 2. The highest BCUT2D eigenvalue weighted by Gasteiger charge is 2.22. The monoisotopic (exact) mass is 408 g/mol. The molecule has 1 aliphatic heterocycles. The Labute approximate surface area is 172 Å². The molecule has 4 rings (SSSR count). The molecule has 1 aliphatic rings. The van der Waals surface area contributed by atoms with Crippen LogP contribution in [0.5, 0.6) is 11.5 Å². The van der Waals surface area contributed by atoms with Gasteiger partial charge in [-0.05, 0) is 31.9 Å². The van der Waals surface area contributed by atoms with Crippen molar-refractivity contribution in [3.63, 3.8) is 0 Å². The number of rotatable bonds is 5. The zero-order valence-corrected chi connectivity index (χ0v) is 17.2. The molecule has 0 spiro atoms. The van der Waals surface area contributed by atoms with Crippen molar-refractivity contribution in [2.75, 3.05) is 12.1 Å². The summed E-state index contributed by atoms with van der Waals surface area (Å²) < 4.78 is 10.7. The van der Waals surface area contributed by atoms with E-state index in [4.69, 9.17) is 9.47 Å². The number of thiazole rings is 1. The van der Waals surface area contributed by atoms with Gasteiger partial charge < -0.3 is 14.8 Å². The average molecular weight is 408 g/mol. The van der Waals surface area contributed by atoms with Gasteiger partial charge in [0.05, 0.1) is 11.4 Å². The maximum Gasteiger partial charge on any atom is 0.267 e. The first-order chi connectivity index (χ1) is 14.0. The summed E-state index contributed by atoms with van der Waals surface area (Å²) in [5.41, 5.74) is 3.64. The number of fused-ring (bicyclic) bond motifs is 1. The smallest absolute Gasteiger partial charge is 0.267 e. The van der Waals surface area contributed by atoms with Gasteiger partial charge in [0, 0.05) is 17.2 Å². The first-order valence-corrected chi connectivity index (χ1v) is 10.1. The molecule has 0 atom stereocenters. The van der Waals surface area contributed by atoms with Crippen molar-refractivity contribution in [2.45, 2.75) is 27.2 Å². The van der Waals surface area contributed by atoms with Crippen LogP contribution in [0.25, 0.3) is 10.6 Å². The molecular weight excluding hydrogens is 388 g/mol. The largest absolute Gasteiger partial charge is 0.454 e. The van der Waals surface area contributed by atoms with Crippen molar-refractivity contribution in [3.8, 4) is 22.1 Å². The fourth-order valence-corrected chi connectivity index (χ4v) is 4.10. The first-order valence-electron chi connectivity index (χ1n) is 9.29. The summed E-state index contributed by atoms with van der Waals surface area (Å²) in [6, 6.07) is 11.4. The highest BCUT2D eigenvalue weighted by molar-refractivity contribution is 7.17. The van der Waals surface area contributed by atoms with E-state index >= 15 is 0 Å². The Balaban J connectivity index is 1.62. The number of ether oxygens (including phenoxy) is 2. The topological polar surface area (TPSA) is 77.5 Å². The number of ketones is 1. The maximum atomic E-state index is 12.9. The summed E-state index contributed by atoms with van der Waals surface area (Å²) in [5, 5.41) is 3.62. The van der Waals surface area contributed by atoms with Crippen LogP contribution in [0, 0.1) is 6.92 Å². The van der Waals surface area contributed by atoms with Gasteiger partial charge in [-0.25, -0.2) is 4.98 Å². The molecule has 0 unspecified atom stereocenters. The van der Waals surface area contributed by atoms with E-state index in [2.05, 4.69) is 29.4 Å². The lowest BCUT2D eigenvalue weighted by Gasteiger charge is -2.10. The molecule has 1 amide bonds. The number of aryl methyl sites for hydroxylation is 2. The van der Waals surface area contributed by atoms with Crippen LogP contribution in [0.2, 0.25) is 0 Å². The third-order valence-corrected chi connectivity index (χ3v) is 5.96. The normalized spacial score (nSPS) is 12.1. The molecule has 2 heterocycles. The molecular formula is C22H20N2O4S. The number of nitrogens with zero attached hydrogens (tertiary/aromatic N) is 1. The number of aromatic nitrogens is 1. The molecule has 7 heteroatoms. The van der Waals surface area contributed by atoms with Gasteiger partial charge in [-0.15, -0.1) is 11.3 Å². The van der Waals surface area contributed by atoms with Gasteiger partial charge in [-0.2, -0.15) is 0 Å². The Kier molecular flexibility index (Phi) is 5.07. The molecule has 0 radical (unpaired) electrons. The van der Waals surface area contributed by atoms with Crippen molar-refractivity contribution in [1.82, 2.24) is 4.98 Å². The van der Waals surface area contributed by atoms with Crippen molar-refractivity contribution in [1.29, 1.82) is 0 Å². The van der Waals surface area contributed by atoms with Gasteiger partial charge in [0.25, 0.3) is 5.91 Å². The number of hydrogen-bond donors (Lipinski definition) is 1. The van der Waals surface area contributed by atoms with E-state index in [1.54, 1.807) is 19.1 Å². The molecule has 3 aromatic rings. The van der Waals surface area contributed by atoms with E-state index < -0.39 is 0 Å². The van der Waals surface area contributed by atoms with Crippen molar-refractivity contribution < 1.29 is 19.1 Å². The molecule has 0 saturated heterocycles. The van der Waals surface area contributed by atoms with Gasteiger partial charge in [0.1, 0.15) is 9.88 Å². The molecule has 0 bridgehead atoms. The highest BCUT2D eigenvalue weighted by atomic mass is 32.1. The summed E-state index contributed by atoms with van der Waals surface area (Å²) in [7, 11) is 0. The predicted octanol–water partition coefficient (Wildman–Crippen LogP) is 4.86. The third-order valence-electron chi connectivity index (χ3n) is 4.75. The number of hydrogen-bond acceptors (Lipinski definition) is 6. The number of anilines is 1. The van der Waals surface area contributed by atoms with Gasteiger partial charge in [-0.1, -0.05) is 31.2 Å². The second-order valence-corrected chi connectivity index (χ2v) is 7.74. The highest BCUT2D eigenvalue weighted by Crippen LogP contribution is 2.38. The number of amides is 1. The average Bonchev–Trinajstić information content (AvgIpc) is 3.33. The summed E-state index contributed by atoms with van der Waals surface area (Å²) in [6.45, 7) is 5.46. The van der Waals surface area contributed by atoms with Crippen LogP contribution in [0.1, 0.15) is 45.1 Å². The Morgan fingerprint density at radius 2 is 1.83 bits per heavy atom. The van der Waals surface area contributed by atoms with Crippen LogP contribution in [0.15, 0.2) is 36.4 Å². The molecule has 6 nitrogen and oxygen atoms in total. The van der Waals surface area contributed by atoms with Gasteiger partial charge in [0.2, 0.25) is 6.79 Å². The zero-order valence-electron chi connectivity index (χ0n) is 16.4. The van der Waals surface area contributed by atoms with Crippen LogP contribution in [-0.4, -0.2) is 23.5 Å². The second kappa shape index (κ2) is 7.67. The summed E-state index contributed by atoms with van der Waals surface area (Å²) in [4.78, 5) is 30.0. The molecule has 2 aromatic carbocycles. The minimum atomic E-state index is -0.308. The van der Waals surface area contributed by atoms with Gasteiger partial charge >= 0.3 is 0 Å². The Bertz CT molecular complexity index is 1100. The van der Waals surface area contributed by atoms with Crippen LogP contribution < -0.4 is 14.8 Å². The minimum absolute atomic E-state index is 0.0954. The Morgan fingerprint density at radius 3 is 2.48 bits per heavy atom. The lowest BCUT2D eigenvalue weighted by Crippen LogP contribution is -2.14. The molecule has 29 heavy (non-hydrogen) atoms. The van der Waals surface area contributed by atoms with Crippen LogP contribution in [0.4, 0.5) is 5.69 Å². The van der Waals surface area contributed by atoms with Gasteiger partial charge in [-0.3, -0.25) is 9.59 Å². The van der Waals surface area contributed by atoms with Crippen LogP contribution in [0.3, 0.4) is 0 Å². The van der Waals surface area contributed by atoms with Crippen molar-refractivity contribution in [3.05, 3.63) is 58.1 Å². The first kappa shape index (κ1) is 19.1. The number of nitrogens with one attached hydrogen (secondary N) is 1. The van der Waals surface area contributed by atoms with E-state index in [0.717, 1.165) is 17.0 Å². The molecule has 1 N–H and O–H groups in total. The van der Waals surface area contributed by atoms with Crippen molar-refractivity contribution in [2.24, 2.45) is 0 Å². The number of Topliss-reactive ketones (excluding diaryl/α,β-unsaturated/α-hetero) is 1. The molecule has 148 valence electrons. The molecule has 0 saturated carbocycles. The lowest BCUT2D eigenvalue weighted by molar-refractivity contribution is 0.101. The maximum absolute atomic E-state index is 12.9. The fraction of sp³-hybridized carbons (Fsp3) is 0.227.